The number of nitrogens with one attached hydrogen (secondary N) is 2. The largest absolute Gasteiger partial charge is 0.497 e. The van der Waals surface area contributed by atoms with Crippen LogP contribution in [-0.4, -0.2) is 58.5 Å². The van der Waals surface area contributed by atoms with Gasteiger partial charge in [-0.05, 0) is 42.5 Å². The van der Waals surface area contributed by atoms with E-state index in [1.807, 2.05) is 18.2 Å². The summed E-state index contributed by atoms with van der Waals surface area (Å²) in [5.74, 6) is -1.41. The molecule has 1 saturated carbocycles. The van der Waals surface area contributed by atoms with E-state index < -0.39 is 29.6 Å². The maximum Gasteiger partial charge on any atom is 0.246 e. The fourth-order valence-electron chi connectivity index (χ4n) is 6.84. The molecule has 4 aliphatic rings. The molecule has 7 atom stereocenters. The molecule has 1 aliphatic carbocycles. The van der Waals surface area contributed by atoms with Gasteiger partial charge in [-0.1, -0.05) is 44.1 Å². The van der Waals surface area contributed by atoms with Crippen LogP contribution in [0.3, 0.4) is 0 Å². The summed E-state index contributed by atoms with van der Waals surface area (Å²) in [5.41, 5.74) is 0.169. The van der Waals surface area contributed by atoms with Crippen molar-refractivity contribution in [2.45, 2.75) is 62.9 Å². The van der Waals surface area contributed by atoms with E-state index in [9.17, 15) is 14.4 Å². The Kier molecular flexibility index (Phi) is 6.62. The third kappa shape index (κ3) is 4.38. The minimum atomic E-state index is -1.21. The summed E-state index contributed by atoms with van der Waals surface area (Å²) in [7, 11) is 1.56. The number of benzene rings is 1. The molecule has 2 saturated heterocycles. The smallest absolute Gasteiger partial charge is 0.246 e. The number of pyridine rings is 1. The summed E-state index contributed by atoms with van der Waals surface area (Å²) in [4.78, 5) is 47.6. The van der Waals surface area contributed by atoms with Gasteiger partial charge >= 0.3 is 0 Å². The highest BCUT2D eigenvalue weighted by Gasteiger charge is 2.72. The van der Waals surface area contributed by atoms with Crippen LogP contribution in [0.25, 0.3) is 0 Å². The van der Waals surface area contributed by atoms with Crippen LogP contribution in [0.15, 0.2) is 60.9 Å². The van der Waals surface area contributed by atoms with Crippen molar-refractivity contribution < 1.29 is 23.9 Å². The van der Waals surface area contributed by atoms with Gasteiger partial charge in [0.05, 0.1) is 25.0 Å². The Morgan fingerprint density at radius 2 is 2.03 bits per heavy atom. The van der Waals surface area contributed by atoms with Gasteiger partial charge in [0.15, 0.2) is 0 Å². The molecular weight excluding hydrogens is 496 g/mol. The summed E-state index contributed by atoms with van der Waals surface area (Å²) in [6, 6.07) is 9.92. The minimum absolute atomic E-state index is 0.0479. The Labute approximate surface area is 228 Å². The van der Waals surface area contributed by atoms with Crippen molar-refractivity contribution in [1.82, 2.24) is 15.2 Å². The lowest BCUT2D eigenvalue weighted by molar-refractivity contribution is -0.142. The summed E-state index contributed by atoms with van der Waals surface area (Å²) < 4.78 is 11.7. The van der Waals surface area contributed by atoms with Crippen LogP contribution in [0, 0.1) is 17.8 Å². The number of likely N-dealkylation sites (tertiary alicyclic amines) is 1. The number of amides is 3. The number of nitrogens with zero attached hydrogens (tertiary/aromatic N) is 2. The zero-order chi connectivity index (χ0) is 27.1. The third-order valence-corrected chi connectivity index (χ3v) is 8.78. The predicted octanol–water partition coefficient (Wildman–Crippen LogP) is 3.07. The lowest BCUT2D eigenvalue weighted by Crippen LogP contribution is -2.57. The SMILES string of the molecule is COc1cccc(NC(=O)[C@H]2[C@H]3C=C[C@@]4(O3)[C@H]2C(=O)N(Cc2cccnc2)[C@@H]4C(=O)N[C@H]2CCCC[C@@H]2C)c1. The second-order valence-electron chi connectivity index (χ2n) is 11.1. The van der Waals surface area contributed by atoms with Gasteiger partial charge in [0, 0.05) is 36.7 Å². The predicted molar refractivity (Wildman–Crippen MR) is 143 cm³/mol. The monoisotopic (exact) mass is 530 g/mol. The molecule has 1 spiro atoms. The van der Waals surface area contributed by atoms with Crippen molar-refractivity contribution >= 4 is 23.4 Å². The van der Waals surface area contributed by atoms with Crippen molar-refractivity contribution in [3.63, 3.8) is 0 Å². The fraction of sp³-hybridized carbons (Fsp3) is 0.467. The quantitative estimate of drug-likeness (QED) is 0.533. The molecule has 3 amide bonds. The van der Waals surface area contributed by atoms with Crippen molar-refractivity contribution in [2.24, 2.45) is 17.8 Å². The number of ether oxygens (including phenoxy) is 2. The molecular formula is C30H34N4O5. The van der Waals surface area contributed by atoms with Crippen LogP contribution in [-0.2, 0) is 25.7 Å². The maximum absolute atomic E-state index is 14.1. The highest BCUT2D eigenvalue weighted by atomic mass is 16.5. The number of fused-ring (bicyclic) bond motifs is 1. The molecule has 0 radical (unpaired) electrons. The highest BCUT2D eigenvalue weighted by molar-refractivity contribution is 6.02. The lowest BCUT2D eigenvalue weighted by Gasteiger charge is -2.36. The summed E-state index contributed by atoms with van der Waals surface area (Å²) >= 11 is 0. The molecule has 2 N–H and O–H groups in total. The Hall–Kier alpha value is -3.72. The van der Waals surface area contributed by atoms with Gasteiger partial charge in [0.2, 0.25) is 17.7 Å². The number of hydrogen-bond donors (Lipinski definition) is 2. The average Bonchev–Trinajstić information content (AvgIpc) is 3.58. The third-order valence-electron chi connectivity index (χ3n) is 8.78. The van der Waals surface area contributed by atoms with E-state index in [1.54, 1.807) is 54.7 Å². The zero-order valence-corrected chi connectivity index (χ0v) is 22.2. The first-order valence-corrected chi connectivity index (χ1v) is 13.7. The molecule has 4 heterocycles. The number of hydrogen-bond acceptors (Lipinski definition) is 6. The van der Waals surface area contributed by atoms with Crippen molar-refractivity contribution in [3.05, 3.63) is 66.5 Å². The van der Waals surface area contributed by atoms with Gasteiger partial charge in [0.25, 0.3) is 0 Å². The van der Waals surface area contributed by atoms with E-state index >= 15 is 0 Å². The summed E-state index contributed by atoms with van der Waals surface area (Å²) in [6.45, 7) is 2.37. The lowest BCUT2D eigenvalue weighted by atomic mass is 9.74. The van der Waals surface area contributed by atoms with Crippen molar-refractivity contribution in [1.29, 1.82) is 0 Å². The molecule has 1 aromatic carbocycles. The van der Waals surface area contributed by atoms with Crippen LogP contribution in [0.1, 0.15) is 38.2 Å². The van der Waals surface area contributed by atoms with Gasteiger partial charge in [-0.25, -0.2) is 0 Å². The van der Waals surface area contributed by atoms with Gasteiger partial charge in [-0.3, -0.25) is 19.4 Å². The summed E-state index contributed by atoms with van der Waals surface area (Å²) in [5, 5.41) is 6.20. The Balaban J connectivity index is 1.32. The second-order valence-corrected chi connectivity index (χ2v) is 11.1. The standard InChI is InChI=1S/C30H34N4O5/c1-18-7-3-4-11-22(18)33-28(36)26-30-13-12-23(39-30)24(27(35)32-20-9-5-10-21(15-20)38-2)25(30)29(37)34(26)17-19-8-6-14-31-16-19/h5-6,8-10,12-16,18,22-26H,3-4,7,11,17H2,1-2H3,(H,32,35)(H,33,36)/t18-,22-,23+,24-,25+,26+,30+/m0/s1. The summed E-state index contributed by atoms with van der Waals surface area (Å²) in [6.07, 6.45) is 10.6. The molecule has 6 rings (SSSR count). The number of rotatable bonds is 7. The molecule has 3 aliphatic heterocycles. The number of aromatic nitrogens is 1. The first kappa shape index (κ1) is 25.6. The first-order valence-electron chi connectivity index (χ1n) is 13.7. The number of methoxy groups -OCH3 is 1. The Morgan fingerprint density at radius 3 is 2.79 bits per heavy atom. The fourth-order valence-corrected chi connectivity index (χ4v) is 6.84. The van der Waals surface area contributed by atoms with Crippen molar-refractivity contribution in [2.75, 3.05) is 12.4 Å². The van der Waals surface area contributed by atoms with Crippen LogP contribution in [0.4, 0.5) is 5.69 Å². The number of carbonyl (C=O) groups is 3. The van der Waals surface area contributed by atoms with E-state index in [4.69, 9.17) is 9.47 Å². The zero-order valence-electron chi connectivity index (χ0n) is 22.2. The topological polar surface area (TPSA) is 110 Å². The van der Waals surface area contributed by atoms with E-state index in [2.05, 4.69) is 22.5 Å². The normalized spacial score (nSPS) is 32.7. The van der Waals surface area contributed by atoms with Crippen molar-refractivity contribution in [3.8, 4) is 5.75 Å². The van der Waals surface area contributed by atoms with Gasteiger partial charge in [-0.15, -0.1) is 0 Å². The molecule has 0 unspecified atom stereocenters. The molecule has 2 bridgehead atoms. The van der Waals surface area contributed by atoms with Crippen LogP contribution >= 0.6 is 0 Å². The van der Waals surface area contributed by atoms with Gasteiger partial charge in [-0.2, -0.15) is 0 Å². The van der Waals surface area contributed by atoms with Crippen LogP contribution < -0.4 is 15.4 Å². The van der Waals surface area contributed by atoms with E-state index in [0.717, 1.165) is 31.2 Å². The molecule has 2 aromatic rings. The van der Waals surface area contributed by atoms with Crippen LogP contribution in [0.5, 0.6) is 5.75 Å². The number of carbonyl (C=O) groups excluding carboxylic acids is 3. The number of anilines is 1. The molecule has 9 heteroatoms. The van der Waals surface area contributed by atoms with Gasteiger partial charge in [0.1, 0.15) is 17.4 Å². The Bertz CT molecular complexity index is 1300. The van der Waals surface area contributed by atoms with Crippen LogP contribution in [0.2, 0.25) is 0 Å². The first-order chi connectivity index (χ1) is 18.9. The van der Waals surface area contributed by atoms with Gasteiger partial charge < -0.3 is 25.0 Å². The van der Waals surface area contributed by atoms with E-state index in [0.29, 0.717) is 17.4 Å². The molecule has 204 valence electrons. The maximum atomic E-state index is 14.1. The molecule has 3 fully saturated rings. The highest BCUT2D eigenvalue weighted by Crippen LogP contribution is 2.55. The Morgan fingerprint density at radius 1 is 1.18 bits per heavy atom. The average molecular weight is 531 g/mol. The second kappa shape index (κ2) is 10.1. The van der Waals surface area contributed by atoms with E-state index in [-0.39, 0.29) is 30.3 Å². The molecule has 1 aromatic heterocycles. The minimum Gasteiger partial charge on any atom is -0.497 e. The molecule has 39 heavy (non-hydrogen) atoms. The molecule has 9 nitrogen and oxygen atoms in total. The van der Waals surface area contributed by atoms with E-state index in [1.165, 1.54) is 0 Å².